The Hall–Kier alpha value is -2.32. The number of rotatable bonds is 7. The van der Waals surface area contributed by atoms with E-state index in [0.29, 0.717) is 6.54 Å². The van der Waals surface area contributed by atoms with Gasteiger partial charge in [-0.25, -0.2) is 8.78 Å². The van der Waals surface area contributed by atoms with Crippen LogP contribution in [-0.4, -0.2) is 36.9 Å². The Morgan fingerprint density at radius 2 is 1.96 bits per heavy atom. The van der Waals surface area contributed by atoms with Crippen LogP contribution in [0.1, 0.15) is 5.56 Å². The first-order chi connectivity index (χ1) is 11.4. The van der Waals surface area contributed by atoms with Crippen molar-refractivity contribution in [2.45, 2.75) is 6.54 Å². The Morgan fingerprint density at radius 1 is 1.17 bits per heavy atom. The second-order valence-corrected chi connectivity index (χ2v) is 6.04. The van der Waals surface area contributed by atoms with E-state index >= 15 is 0 Å². The normalized spacial score (nSPS) is 10.7. The molecular formula is C16H17F2N3O2S. The quantitative estimate of drug-likeness (QED) is 0.802. The molecule has 1 aromatic carbocycles. The molecule has 8 heteroatoms. The summed E-state index contributed by atoms with van der Waals surface area (Å²) in [6.45, 7) is 0.538. The van der Waals surface area contributed by atoms with Crippen LogP contribution in [0.25, 0.3) is 0 Å². The fraction of sp³-hybridized carbons (Fsp3) is 0.250. The molecule has 0 saturated heterocycles. The number of nitrogens with zero attached hydrogens (tertiary/aromatic N) is 1. The maximum atomic E-state index is 13.0. The van der Waals surface area contributed by atoms with Crippen LogP contribution in [-0.2, 0) is 16.1 Å². The molecule has 1 heterocycles. The smallest absolute Gasteiger partial charge is 0.243 e. The number of carbonyl (C=O) groups excluding carboxylic acids is 2. The second kappa shape index (κ2) is 8.51. The van der Waals surface area contributed by atoms with Crippen molar-refractivity contribution in [2.24, 2.45) is 0 Å². The highest BCUT2D eigenvalue weighted by Gasteiger charge is 2.10. The monoisotopic (exact) mass is 353 g/mol. The minimum absolute atomic E-state index is 0.128. The van der Waals surface area contributed by atoms with Gasteiger partial charge in [-0.1, -0.05) is 0 Å². The molecule has 0 aliphatic rings. The van der Waals surface area contributed by atoms with Crippen molar-refractivity contribution < 1.29 is 18.4 Å². The highest BCUT2D eigenvalue weighted by Crippen LogP contribution is 2.12. The highest BCUT2D eigenvalue weighted by molar-refractivity contribution is 7.07. The van der Waals surface area contributed by atoms with Crippen molar-refractivity contribution in [2.75, 3.05) is 25.5 Å². The van der Waals surface area contributed by atoms with Gasteiger partial charge in [-0.05, 0) is 41.6 Å². The zero-order valence-corrected chi connectivity index (χ0v) is 13.8. The maximum Gasteiger partial charge on any atom is 0.243 e. The van der Waals surface area contributed by atoms with Gasteiger partial charge in [0.25, 0.3) is 0 Å². The number of hydrogen-bond donors (Lipinski definition) is 2. The maximum absolute atomic E-state index is 13.0. The molecule has 0 spiro atoms. The molecule has 2 rings (SSSR count). The molecule has 5 nitrogen and oxygen atoms in total. The van der Waals surface area contributed by atoms with E-state index in [1.807, 2.05) is 21.7 Å². The van der Waals surface area contributed by atoms with Gasteiger partial charge in [0.2, 0.25) is 11.8 Å². The lowest BCUT2D eigenvalue weighted by Crippen LogP contribution is -2.39. The zero-order chi connectivity index (χ0) is 17.5. The Labute approximate surface area is 142 Å². The molecule has 0 bridgehead atoms. The fourth-order valence-corrected chi connectivity index (χ4v) is 2.67. The number of amides is 2. The molecule has 2 amide bonds. The summed E-state index contributed by atoms with van der Waals surface area (Å²) in [6.07, 6.45) is 0. The van der Waals surface area contributed by atoms with E-state index in [4.69, 9.17) is 0 Å². The number of likely N-dealkylation sites (N-methyl/N-ethyl adjacent to an activating group) is 1. The molecule has 0 fully saturated rings. The van der Waals surface area contributed by atoms with Gasteiger partial charge in [-0.2, -0.15) is 11.3 Å². The van der Waals surface area contributed by atoms with Crippen molar-refractivity contribution in [1.82, 2.24) is 10.2 Å². The summed E-state index contributed by atoms with van der Waals surface area (Å²) in [4.78, 5) is 25.3. The molecule has 0 atom stereocenters. The molecule has 1 aromatic heterocycles. The van der Waals surface area contributed by atoms with Crippen molar-refractivity contribution >= 4 is 28.8 Å². The minimum atomic E-state index is -1.05. The molecule has 0 aliphatic carbocycles. The minimum Gasteiger partial charge on any atom is -0.346 e. The summed E-state index contributed by atoms with van der Waals surface area (Å²) in [6, 6.07) is 5.02. The van der Waals surface area contributed by atoms with Gasteiger partial charge >= 0.3 is 0 Å². The standard InChI is InChI=1S/C16H17F2N3O2S/c1-21(8-11-4-5-24-10-11)9-16(23)19-7-15(22)20-12-2-3-13(17)14(18)6-12/h2-6,10H,7-9H2,1H3,(H,19,23)(H,20,22). The van der Waals surface area contributed by atoms with Crippen LogP contribution in [0, 0.1) is 11.6 Å². The molecule has 24 heavy (non-hydrogen) atoms. The Bertz CT molecular complexity index is 707. The molecule has 128 valence electrons. The Balaban J connectivity index is 1.72. The number of carbonyl (C=O) groups is 2. The highest BCUT2D eigenvalue weighted by atomic mass is 32.1. The van der Waals surface area contributed by atoms with Crippen LogP contribution in [0.15, 0.2) is 35.0 Å². The van der Waals surface area contributed by atoms with E-state index in [-0.39, 0.29) is 24.7 Å². The molecule has 0 unspecified atom stereocenters. The van der Waals surface area contributed by atoms with E-state index < -0.39 is 17.5 Å². The van der Waals surface area contributed by atoms with Gasteiger partial charge in [-0.3, -0.25) is 14.5 Å². The van der Waals surface area contributed by atoms with Gasteiger partial charge in [0, 0.05) is 18.3 Å². The number of anilines is 1. The molecular weight excluding hydrogens is 336 g/mol. The number of benzene rings is 1. The van der Waals surface area contributed by atoms with Gasteiger partial charge in [-0.15, -0.1) is 0 Å². The molecule has 0 radical (unpaired) electrons. The average molecular weight is 353 g/mol. The molecule has 2 N–H and O–H groups in total. The second-order valence-electron chi connectivity index (χ2n) is 5.26. The summed E-state index contributed by atoms with van der Waals surface area (Å²) in [5.74, 6) is -2.86. The summed E-state index contributed by atoms with van der Waals surface area (Å²) in [5.41, 5.74) is 1.24. The first kappa shape index (κ1) is 18.0. The van der Waals surface area contributed by atoms with Gasteiger partial charge in [0.05, 0.1) is 13.1 Å². The van der Waals surface area contributed by atoms with Crippen molar-refractivity contribution in [3.63, 3.8) is 0 Å². The average Bonchev–Trinajstić information content (AvgIpc) is 3.01. The van der Waals surface area contributed by atoms with Crippen LogP contribution in [0.5, 0.6) is 0 Å². The third-order valence-corrected chi connectivity index (χ3v) is 3.83. The lowest BCUT2D eigenvalue weighted by molar-refractivity contribution is -0.124. The predicted octanol–water partition coefficient (Wildman–Crippen LogP) is 2.21. The van der Waals surface area contributed by atoms with Crippen molar-refractivity contribution in [3.05, 3.63) is 52.2 Å². The Kier molecular flexibility index (Phi) is 6.39. The summed E-state index contributed by atoms with van der Waals surface area (Å²) in [5, 5.41) is 8.83. The number of thiophene rings is 1. The van der Waals surface area contributed by atoms with E-state index in [0.717, 1.165) is 17.7 Å². The van der Waals surface area contributed by atoms with E-state index in [2.05, 4.69) is 10.6 Å². The van der Waals surface area contributed by atoms with Crippen LogP contribution >= 0.6 is 11.3 Å². The SMILES string of the molecule is CN(CC(=O)NCC(=O)Nc1ccc(F)c(F)c1)Cc1ccsc1. The topological polar surface area (TPSA) is 61.4 Å². The Morgan fingerprint density at radius 3 is 2.62 bits per heavy atom. The zero-order valence-electron chi connectivity index (χ0n) is 13.0. The first-order valence-corrected chi connectivity index (χ1v) is 8.09. The lowest BCUT2D eigenvalue weighted by Gasteiger charge is -2.15. The lowest BCUT2D eigenvalue weighted by atomic mass is 10.3. The van der Waals surface area contributed by atoms with Gasteiger partial charge in [0.15, 0.2) is 11.6 Å². The number of halogens is 2. The molecule has 2 aromatic rings. The summed E-state index contributed by atoms with van der Waals surface area (Å²) in [7, 11) is 1.80. The summed E-state index contributed by atoms with van der Waals surface area (Å²) < 4.78 is 25.8. The molecule has 0 aliphatic heterocycles. The van der Waals surface area contributed by atoms with E-state index in [9.17, 15) is 18.4 Å². The van der Waals surface area contributed by atoms with Crippen molar-refractivity contribution in [1.29, 1.82) is 0 Å². The van der Waals surface area contributed by atoms with E-state index in [1.54, 1.807) is 18.4 Å². The predicted molar refractivity (Wildman–Crippen MR) is 88.7 cm³/mol. The third kappa shape index (κ3) is 5.71. The van der Waals surface area contributed by atoms with Gasteiger partial charge < -0.3 is 10.6 Å². The first-order valence-electron chi connectivity index (χ1n) is 7.15. The van der Waals surface area contributed by atoms with Crippen LogP contribution < -0.4 is 10.6 Å². The fourth-order valence-electron chi connectivity index (χ4n) is 2.01. The molecule has 0 saturated carbocycles. The number of nitrogens with one attached hydrogen (secondary N) is 2. The van der Waals surface area contributed by atoms with Gasteiger partial charge in [0.1, 0.15) is 0 Å². The van der Waals surface area contributed by atoms with Crippen LogP contribution in [0.3, 0.4) is 0 Å². The van der Waals surface area contributed by atoms with Crippen LogP contribution in [0.2, 0.25) is 0 Å². The third-order valence-electron chi connectivity index (χ3n) is 3.10. The van der Waals surface area contributed by atoms with E-state index in [1.165, 1.54) is 6.07 Å². The van der Waals surface area contributed by atoms with Crippen molar-refractivity contribution in [3.8, 4) is 0 Å². The number of hydrogen-bond acceptors (Lipinski definition) is 4. The summed E-state index contributed by atoms with van der Waals surface area (Å²) >= 11 is 1.59. The largest absolute Gasteiger partial charge is 0.346 e. The van der Waals surface area contributed by atoms with Crippen LogP contribution in [0.4, 0.5) is 14.5 Å².